The Kier molecular flexibility index (Phi) is 2.96. The molecule has 2 heterocycles. The van der Waals surface area contributed by atoms with Gasteiger partial charge in [-0.3, -0.25) is 10.1 Å². The maximum Gasteiger partial charge on any atom is 0.259 e. The number of aryl methyl sites for hydroxylation is 2. The summed E-state index contributed by atoms with van der Waals surface area (Å²) in [5, 5.41) is 6.43. The minimum absolute atomic E-state index is 0.163. The van der Waals surface area contributed by atoms with Crippen LogP contribution in [0.4, 0.5) is 5.95 Å². The smallest absolute Gasteiger partial charge is 0.259 e. The molecule has 0 saturated carbocycles. The fourth-order valence-electron chi connectivity index (χ4n) is 1.27. The van der Waals surface area contributed by atoms with E-state index in [0.717, 1.165) is 11.3 Å². The van der Waals surface area contributed by atoms with E-state index in [0.29, 0.717) is 11.5 Å². The lowest BCUT2D eigenvalue weighted by molar-refractivity contribution is 0.102. The van der Waals surface area contributed by atoms with Crippen molar-refractivity contribution >= 4 is 23.2 Å². The van der Waals surface area contributed by atoms with Crippen LogP contribution in [0.5, 0.6) is 0 Å². The Morgan fingerprint density at radius 1 is 1.38 bits per heavy atom. The van der Waals surface area contributed by atoms with Gasteiger partial charge in [-0.1, -0.05) is 0 Å². The molecule has 0 aromatic carbocycles. The third-order valence-electron chi connectivity index (χ3n) is 2.12. The molecule has 0 aliphatic carbocycles. The number of nitrogens with zero attached hydrogens (tertiary/aromatic N) is 2. The van der Waals surface area contributed by atoms with E-state index in [1.807, 2.05) is 24.6 Å². The molecule has 0 aliphatic heterocycles. The monoisotopic (exact) mass is 233 g/mol. The lowest BCUT2D eigenvalue weighted by Gasteiger charge is -2.03. The predicted octanol–water partition coefficient (Wildman–Crippen LogP) is 2.41. The summed E-state index contributed by atoms with van der Waals surface area (Å²) in [6.45, 7) is 3.76. The SMILES string of the molecule is Cc1ccnc(NC(=O)c2cscc2C)n1. The number of amides is 1. The first-order valence-electron chi connectivity index (χ1n) is 4.80. The average Bonchev–Trinajstić information content (AvgIpc) is 2.64. The number of thiophene rings is 1. The van der Waals surface area contributed by atoms with Gasteiger partial charge in [-0.15, -0.1) is 0 Å². The highest BCUT2D eigenvalue weighted by molar-refractivity contribution is 7.08. The molecule has 1 N–H and O–H groups in total. The highest BCUT2D eigenvalue weighted by Crippen LogP contribution is 2.14. The Hall–Kier alpha value is -1.75. The maximum absolute atomic E-state index is 11.8. The third kappa shape index (κ3) is 2.25. The van der Waals surface area contributed by atoms with E-state index >= 15 is 0 Å². The van der Waals surface area contributed by atoms with E-state index in [1.165, 1.54) is 11.3 Å². The Labute approximate surface area is 97.4 Å². The molecule has 1 amide bonds. The van der Waals surface area contributed by atoms with Crippen molar-refractivity contribution < 1.29 is 4.79 Å². The molecule has 2 aromatic rings. The van der Waals surface area contributed by atoms with Gasteiger partial charge in [0.15, 0.2) is 0 Å². The fraction of sp³-hybridized carbons (Fsp3) is 0.182. The molecule has 5 heteroatoms. The van der Waals surface area contributed by atoms with Crippen molar-refractivity contribution in [2.75, 3.05) is 5.32 Å². The van der Waals surface area contributed by atoms with Gasteiger partial charge in [0.25, 0.3) is 5.91 Å². The number of hydrogen-bond acceptors (Lipinski definition) is 4. The highest BCUT2D eigenvalue weighted by Gasteiger charge is 2.10. The van der Waals surface area contributed by atoms with Crippen molar-refractivity contribution in [2.45, 2.75) is 13.8 Å². The fourth-order valence-corrected chi connectivity index (χ4v) is 2.10. The van der Waals surface area contributed by atoms with Gasteiger partial charge in [0.2, 0.25) is 5.95 Å². The molecule has 0 bridgehead atoms. The van der Waals surface area contributed by atoms with Gasteiger partial charge in [0.1, 0.15) is 0 Å². The molecule has 0 unspecified atom stereocenters. The molecule has 2 aromatic heterocycles. The van der Waals surface area contributed by atoms with Crippen LogP contribution >= 0.6 is 11.3 Å². The van der Waals surface area contributed by atoms with Crippen LogP contribution in [0.25, 0.3) is 0 Å². The van der Waals surface area contributed by atoms with E-state index < -0.39 is 0 Å². The van der Waals surface area contributed by atoms with Crippen LogP contribution in [-0.2, 0) is 0 Å². The zero-order valence-electron chi connectivity index (χ0n) is 9.02. The minimum Gasteiger partial charge on any atom is -0.290 e. The Morgan fingerprint density at radius 2 is 2.19 bits per heavy atom. The average molecular weight is 233 g/mol. The van der Waals surface area contributed by atoms with Gasteiger partial charge in [-0.25, -0.2) is 9.97 Å². The summed E-state index contributed by atoms with van der Waals surface area (Å²) in [6, 6.07) is 1.78. The summed E-state index contributed by atoms with van der Waals surface area (Å²) in [7, 11) is 0. The first-order chi connectivity index (χ1) is 7.66. The van der Waals surface area contributed by atoms with Crippen molar-refractivity contribution in [2.24, 2.45) is 0 Å². The van der Waals surface area contributed by atoms with Gasteiger partial charge in [0.05, 0.1) is 5.56 Å². The van der Waals surface area contributed by atoms with Crippen LogP contribution in [0.2, 0.25) is 0 Å². The largest absolute Gasteiger partial charge is 0.290 e. The van der Waals surface area contributed by atoms with Crippen molar-refractivity contribution in [3.05, 3.63) is 39.8 Å². The number of nitrogens with one attached hydrogen (secondary N) is 1. The topological polar surface area (TPSA) is 54.9 Å². The minimum atomic E-state index is -0.163. The number of carbonyl (C=O) groups is 1. The van der Waals surface area contributed by atoms with E-state index in [2.05, 4.69) is 15.3 Å². The lowest BCUT2D eigenvalue weighted by atomic mass is 10.2. The van der Waals surface area contributed by atoms with Crippen molar-refractivity contribution in [1.82, 2.24) is 9.97 Å². The maximum atomic E-state index is 11.8. The standard InChI is InChI=1S/C11H11N3OS/c1-7-5-16-6-9(7)10(15)14-11-12-4-3-8(2)13-11/h3-6H,1-2H3,(H,12,13,14,15). The summed E-state index contributed by atoms with van der Waals surface area (Å²) in [4.78, 5) is 19.9. The molecule has 0 radical (unpaired) electrons. The molecule has 2 rings (SSSR count). The third-order valence-corrected chi connectivity index (χ3v) is 2.98. The number of rotatable bonds is 2. The van der Waals surface area contributed by atoms with E-state index in [4.69, 9.17) is 0 Å². The van der Waals surface area contributed by atoms with E-state index in [-0.39, 0.29) is 5.91 Å². The van der Waals surface area contributed by atoms with Crippen molar-refractivity contribution in [3.63, 3.8) is 0 Å². The van der Waals surface area contributed by atoms with Crippen LogP contribution in [0, 0.1) is 13.8 Å². The molecule has 16 heavy (non-hydrogen) atoms. The predicted molar refractivity (Wildman–Crippen MR) is 63.8 cm³/mol. The van der Waals surface area contributed by atoms with Gasteiger partial charge in [-0.2, -0.15) is 11.3 Å². The molecular formula is C11H11N3OS. The first kappa shape index (κ1) is 10.8. The summed E-state index contributed by atoms with van der Waals surface area (Å²) < 4.78 is 0. The number of carbonyl (C=O) groups excluding carboxylic acids is 1. The molecule has 0 saturated heterocycles. The second-order valence-corrected chi connectivity index (χ2v) is 4.19. The normalized spacial score (nSPS) is 10.1. The zero-order valence-corrected chi connectivity index (χ0v) is 9.84. The van der Waals surface area contributed by atoms with E-state index in [1.54, 1.807) is 12.3 Å². The lowest BCUT2D eigenvalue weighted by Crippen LogP contribution is -2.14. The summed E-state index contributed by atoms with van der Waals surface area (Å²) in [5.74, 6) is 0.181. The summed E-state index contributed by atoms with van der Waals surface area (Å²) in [5.41, 5.74) is 2.47. The summed E-state index contributed by atoms with van der Waals surface area (Å²) in [6.07, 6.45) is 1.62. The molecule has 4 nitrogen and oxygen atoms in total. The van der Waals surface area contributed by atoms with Crippen LogP contribution in [0.15, 0.2) is 23.0 Å². The first-order valence-corrected chi connectivity index (χ1v) is 5.75. The number of anilines is 1. The quantitative estimate of drug-likeness (QED) is 0.866. The number of aromatic nitrogens is 2. The second kappa shape index (κ2) is 4.40. The molecule has 0 atom stereocenters. The van der Waals surface area contributed by atoms with Gasteiger partial charge < -0.3 is 0 Å². The van der Waals surface area contributed by atoms with Crippen molar-refractivity contribution in [3.8, 4) is 0 Å². The van der Waals surface area contributed by atoms with E-state index in [9.17, 15) is 4.79 Å². The van der Waals surface area contributed by atoms with Gasteiger partial charge in [-0.05, 0) is 30.9 Å². The molecule has 0 aliphatic rings. The van der Waals surface area contributed by atoms with Gasteiger partial charge in [0, 0.05) is 17.3 Å². The Morgan fingerprint density at radius 3 is 2.81 bits per heavy atom. The van der Waals surface area contributed by atoms with Gasteiger partial charge >= 0.3 is 0 Å². The molecular weight excluding hydrogens is 222 g/mol. The van der Waals surface area contributed by atoms with Crippen LogP contribution in [-0.4, -0.2) is 15.9 Å². The van der Waals surface area contributed by atoms with Crippen LogP contribution in [0.3, 0.4) is 0 Å². The Balaban J connectivity index is 2.17. The second-order valence-electron chi connectivity index (χ2n) is 3.44. The molecule has 0 spiro atoms. The van der Waals surface area contributed by atoms with Crippen LogP contribution in [0.1, 0.15) is 21.6 Å². The zero-order chi connectivity index (χ0) is 11.5. The van der Waals surface area contributed by atoms with Crippen molar-refractivity contribution in [1.29, 1.82) is 0 Å². The molecule has 0 fully saturated rings. The molecule has 82 valence electrons. The summed E-state index contributed by atoms with van der Waals surface area (Å²) >= 11 is 1.51. The highest BCUT2D eigenvalue weighted by atomic mass is 32.1. The van der Waals surface area contributed by atoms with Crippen LogP contribution < -0.4 is 5.32 Å². The Bertz CT molecular complexity index is 521. The number of hydrogen-bond donors (Lipinski definition) is 1.